The maximum Gasteiger partial charge on any atom is 0.242 e. The van der Waals surface area contributed by atoms with Crippen LogP contribution >= 0.6 is 0 Å². The summed E-state index contributed by atoms with van der Waals surface area (Å²) in [4.78, 5) is 27.2. The third-order valence-electron chi connectivity index (χ3n) is 5.69. The smallest absolute Gasteiger partial charge is 0.242 e. The summed E-state index contributed by atoms with van der Waals surface area (Å²) < 4.78 is 1.77. The van der Waals surface area contributed by atoms with Gasteiger partial charge in [0.15, 0.2) is 11.5 Å². The summed E-state index contributed by atoms with van der Waals surface area (Å²) >= 11 is 0. The van der Waals surface area contributed by atoms with Crippen molar-refractivity contribution in [3.63, 3.8) is 0 Å². The van der Waals surface area contributed by atoms with Gasteiger partial charge in [-0.15, -0.1) is 0 Å². The Morgan fingerprint density at radius 2 is 1.92 bits per heavy atom. The van der Waals surface area contributed by atoms with Crippen LogP contribution in [-0.2, 0) is 11.3 Å². The van der Waals surface area contributed by atoms with Crippen molar-refractivity contribution in [2.45, 2.75) is 51.5 Å². The molecule has 2 N–H and O–H groups in total. The van der Waals surface area contributed by atoms with E-state index in [-0.39, 0.29) is 12.5 Å². The predicted octanol–water partition coefficient (Wildman–Crippen LogP) is 1.98. The molecule has 1 aliphatic carbocycles. The number of nitrogens with two attached hydrogens (primary N) is 1. The van der Waals surface area contributed by atoms with Gasteiger partial charge in [-0.1, -0.05) is 25.7 Å². The molecule has 1 saturated carbocycles. The van der Waals surface area contributed by atoms with Crippen molar-refractivity contribution in [3.8, 4) is 0 Å². The minimum absolute atomic E-state index is 0.146. The van der Waals surface area contributed by atoms with E-state index in [1.807, 2.05) is 4.90 Å². The molecular weight excluding hydrogens is 304 g/mol. The normalized spacial score (nSPS) is 20.6. The Kier molecular flexibility index (Phi) is 3.86. The van der Waals surface area contributed by atoms with Gasteiger partial charge in [-0.3, -0.25) is 4.79 Å². The zero-order valence-electron chi connectivity index (χ0n) is 13.9. The first kappa shape index (κ1) is 15.4. The van der Waals surface area contributed by atoms with Crippen LogP contribution in [0.25, 0.3) is 11.2 Å². The van der Waals surface area contributed by atoms with Crippen LogP contribution in [0.15, 0.2) is 12.7 Å². The van der Waals surface area contributed by atoms with Crippen LogP contribution in [0.1, 0.15) is 44.9 Å². The second-order valence-electron chi connectivity index (χ2n) is 7.28. The van der Waals surface area contributed by atoms with E-state index >= 15 is 0 Å². The van der Waals surface area contributed by atoms with E-state index in [1.165, 1.54) is 44.9 Å². The van der Waals surface area contributed by atoms with E-state index in [1.54, 1.807) is 10.9 Å². The second-order valence-corrected chi connectivity index (χ2v) is 7.28. The number of fused-ring (bicyclic) bond motifs is 1. The number of hydrogen-bond donors (Lipinski definition) is 1. The van der Waals surface area contributed by atoms with Crippen LogP contribution in [0.2, 0.25) is 0 Å². The number of imidazole rings is 1. The quantitative estimate of drug-likeness (QED) is 0.910. The summed E-state index contributed by atoms with van der Waals surface area (Å²) in [5.74, 6) is 0.498. The van der Waals surface area contributed by atoms with Gasteiger partial charge in [0, 0.05) is 13.1 Å². The van der Waals surface area contributed by atoms with Gasteiger partial charge in [0.25, 0.3) is 0 Å². The van der Waals surface area contributed by atoms with Crippen molar-refractivity contribution in [3.05, 3.63) is 12.7 Å². The highest BCUT2D eigenvalue weighted by atomic mass is 16.2. The molecule has 1 saturated heterocycles. The molecule has 1 aliphatic heterocycles. The number of carbonyl (C=O) groups excluding carboxylic acids is 1. The van der Waals surface area contributed by atoms with Gasteiger partial charge < -0.3 is 15.2 Å². The molecule has 2 fully saturated rings. The number of likely N-dealkylation sites (tertiary alicyclic amines) is 1. The van der Waals surface area contributed by atoms with Crippen molar-refractivity contribution in [1.82, 2.24) is 24.4 Å². The van der Waals surface area contributed by atoms with E-state index in [0.29, 0.717) is 22.4 Å². The molecule has 2 aromatic heterocycles. The maximum absolute atomic E-state index is 12.8. The third kappa shape index (κ3) is 2.72. The first-order valence-electron chi connectivity index (χ1n) is 8.86. The van der Waals surface area contributed by atoms with E-state index in [2.05, 4.69) is 15.0 Å². The first-order valence-corrected chi connectivity index (χ1v) is 8.86. The third-order valence-corrected chi connectivity index (χ3v) is 5.69. The number of amides is 1. The molecule has 1 spiro atoms. The average Bonchev–Trinajstić information content (AvgIpc) is 3.09. The Hall–Kier alpha value is -2.18. The Morgan fingerprint density at radius 3 is 2.71 bits per heavy atom. The lowest BCUT2D eigenvalue weighted by Gasteiger charge is -2.27. The largest absolute Gasteiger partial charge is 0.382 e. The number of anilines is 1. The van der Waals surface area contributed by atoms with Gasteiger partial charge in [-0.2, -0.15) is 0 Å². The molecule has 7 heteroatoms. The van der Waals surface area contributed by atoms with Crippen LogP contribution in [0.5, 0.6) is 0 Å². The molecule has 0 aromatic carbocycles. The van der Waals surface area contributed by atoms with Gasteiger partial charge in [0.1, 0.15) is 18.4 Å². The Labute approximate surface area is 141 Å². The molecule has 0 bridgehead atoms. The monoisotopic (exact) mass is 328 g/mol. The van der Waals surface area contributed by atoms with Gasteiger partial charge in [-0.05, 0) is 24.7 Å². The summed E-state index contributed by atoms with van der Waals surface area (Å²) in [6.45, 7) is 2.06. The Bertz CT molecular complexity index is 747. The minimum Gasteiger partial charge on any atom is -0.382 e. The first-order chi connectivity index (χ1) is 11.7. The number of hydrogen-bond acceptors (Lipinski definition) is 5. The van der Waals surface area contributed by atoms with Crippen molar-refractivity contribution >= 4 is 22.9 Å². The molecule has 7 nitrogen and oxygen atoms in total. The van der Waals surface area contributed by atoms with E-state index in [9.17, 15) is 4.79 Å². The summed E-state index contributed by atoms with van der Waals surface area (Å²) in [5.41, 5.74) is 7.37. The molecule has 0 radical (unpaired) electrons. The lowest BCUT2D eigenvalue weighted by molar-refractivity contribution is -0.131. The minimum atomic E-state index is 0.146. The summed E-state index contributed by atoms with van der Waals surface area (Å²) in [6.07, 6.45) is 12.0. The number of nitrogen functional groups attached to an aromatic ring is 1. The summed E-state index contributed by atoms with van der Waals surface area (Å²) in [5, 5.41) is 0. The van der Waals surface area contributed by atoms with Crippen LogP contribution in [0, 0.1) is 5.41 Å². The van der Waals surface area contributed by atoms with E-state index in [4.69, 9.17) is 5.73 Å². The molecular formula is C17H24N6O. The molecule has 128 valence electrons. The fourth-order valence-corrected chi connectivity index (χ4v) is 4.29. The van der Waals surface area contributed by atoms with Crippen molar-refractivity contribution < 1.29 is 4.79 Å². The molecule has 24 heavy (non-hydrogen) atoms. The molecule has 2 aliphatic rings. The van der Waals surface area contributed by atoms with Gasteiger partial charge in [-0.25, -0.2) is 15.0 Å². The van der Waals surface area contributed by atoms with Gasteiger partial charge >= 0.3 is 0 Å². The average molecular weight is 328 g/mol. The summed E-state index contributed by atoms with van der Waals surface area (Å²) in [6, 6.07) is 0. The highest BCUT2D eigenvalue weighted by molar-refractivity contribution is 5.83. The molecule has 2 aromatic rings. The lowest BCUT2D eigenvalue weighted by atomic mass is 9.80. The Balaban J connectivity index is 1.47. The lowest BCUT2D eigenvalue weighted by Crippen LogP contribution is -2.34. The van der Waals surface area contributed by atoms with E-state index in [0.717, 1.165) is 19.5 Å². The van der Waals surface area contributed by atoms with Crippen molar-refractivity contribution in [2.75, 3.05) is 18.8 Å². The molecule has 0 unspecified atom stereocenters. The van der Waals surface area contributed by atoms with Crippen LogP contribution < -0.4 is 5.73 Å². The van der Waals surface area contributed by atoms with Crippen molar-refractivity contribution in [1.29, 1.82) is 0 Å². The van der Waals surface area contributed by atoms with Gasteiger partial charge in [0.05, 0.1) is 6.33 Å². The van der Waals surface area contributed by atoms with Gasteiger partial charge in [0.2, 0.25) is 5.91 Å². The number of rotatable bonds is 2. The van der Waals surface area contributed by atoms with Crippen LogP contribution in [-0.4, -0.2) is 43.4 Å². The molecule has 4 rings (SSSR count). The standard InChI is InChI=1S/C17H24N6O/c18-15-14-16(20-11-19-15)23(12-21-14)9-13(24)22-8-7-17(10-22)5-3-1-2-4-6-17/h11-12H,1-10H2,(H2,18,19,20). The predicted molar refractivity (Wildman–Crippen MR) is 91.1 cm³/mol. The molecule has 1 amide bonds. The Morgan fingerprint density at radius 1 is 1.12 bits per heavy atom. The maximum atomic E-state index is 12.8. The highest BCUT2D eigenvalue weighted by Gasteiger charge is 2.39. The number of aromatic nitrogens is 4. The molecule has 3 heterocycles. The summed E-state index contributed by atoms with van der Waals surface area (Å²) in [7, 11) is 0. The zero-order chi connectivity index (χ0) is 16.6. The fourth-order valence-electron chi connectivity index (χ4n) is 4.29. The topological polar surface area (TPSA) is 89.9 Å². The second kappa shape index (κ2) is 6.03. The van der Waals surface area contributed by atoms with Crippen LogP contribution in [0.3, 0.4) is 0 Å². The SMILES string of the molecule is Nc1ncnc2c1ncn2CC(=O)N1CCC2(CCCCCC2)C1. The number of nitrogens with zero attached hydrogens (tertiary/aromatic N) is 5. The highest BCUT2D eigenvalue weighted by Crippen LogP contribution is 2.42. The van der Waals surface area contributed by atoms with Crippen molar-refractivity contribution in [2.24, 2.45) is 5.41 Å². The van der Waals surface area contributed by atoms with Crippen LogP contribution in [0.4, 0.5) is 5.82 Å². The number of carbonyl (C=O) groups is 1. The van der Waals surface area contributed by atoms with E-state index < -0.39 is 0 Å². The zero-order valence-corrected chi connectivity index (χ0v) is 13.9. The fraction of sp³-hybridized carbons (Fsp3) is 0.647. The molecule has 0 atom stereocenters.